The van der Waals surface area contributed by atoms with E-state index in [-0.39, 0.29) is 5.97 Å². The Morgan fingerprint density at radius 1 is 1.17 bits per heavy atom. The molecule has 2 nitrogen and oxygen atoms in total. The summed E-state index contributed by atoms with van der Waals surface area (Å²) in [6.07, 6.45) is 9.71. The molecule has 1 aromatic carbocycles. The van der Waals surface area contributed by atoms with Gasteiger partial charge < -0.3 is 4.74 Å². The van der Waals surface area contributed by atoms with Crippen molar-refractivity contribution in [2.75, 3.05) is 6.61 Å². The first kappa shape index (κ1) is 14.2. The third kappa shape index (κ3) is 5.00. The van der Waals surface area contributed by atoms with Gasteiger partial charge in [0.1, 0.15) is 0 Å². The molecule has 0 amide bonds. The van der Waals surface area contributed by atoms with E-state index < -0.39 is 0 Å². The molecule has 0 saturated heterocycles. The van der Waals surface area contributed by atoms with Crippen molar-refractivity contribution in [1.82, 2.24) is 0 Å². The lowest BCUT2D eigenvalue weighted by Gasteiger charge is -2.00. The molecule has 0 radical (unpaired) electrons. The molecule has 0 saturated carbocycles. The van der Waals surface area contributed by atoms with E-state index in [4.69, 9.17) is 4.74 Å². The van der Waals surface area contributed by atoms with Crippen molar-refractivity contribution in [3.8, 4) is 0 Å². The van der Waals surface area contributed by atoms with Gasteiger partial charge in [-0.3, -0.25) is 0 Å². The number of ether oxygens (including phenoxy) is 1. The van der Waals surface area contributed by atoms with E-state index in [0.717, 1.165) is 24.0 Å². The molecule has 0 bridgehead atoms. The van der Waals surface area contributed by atoms with E-state index in [2.05, 4.69) is 19.1 Å². The summed E-state index contributed by atoms with van der Waals surface area (Å²) >= 11 is 0. The van der Waals surface area contributed by atoms with Gasteiger partial charge >= 0.3 is 5.97 Å². The topological polar surface area (TPSA) is 26.3 Å². The second-order valence-corrected chi connectivity index (χ2v) is 3.91. The lowest BCUT2D eigenvalue weighted by Crippen LogP contribution is -1.98. The zero-order valence-corrected chi connectivity index (χ0v) is 11.1. The molecule has 0 N–H and O–H groups in total. The Morgan fingerprint density at radius 2 is 1.83 bits per heavy atom. The van der Waals surface area contributed by atoms with E-state index in [1.54, 1.807) is 13.0 Å². The van der Waals surface area contributed by atoms with Gasteiger partial charge in [0, 0.05) is 6.08 Å². The predicted molar refractivity (Wildman–Crippen MR) is 76.1 cm³/mol. The van der Waals surface area contributed by atoms with Gasteiger partial charge in [-0.05, 0) is 30.5 Å². The van der Waals surface area contributed by atoms with Crippen molar-refractivity contribution in [2.24, 2.45) is 0 Å². The summed E-state index contributed by atoms with van der Waals surface area (Å²) in [5.74, 6) is -0.301. The molecular weight excluding hydrogens is 224 g/mol. The Hall–Kier alpha value is -1.83. The van der Waals surface area contributed by atoms with Gasteiger partial charge in [-0.25, -0.2) is 4.79 Å². The van der Waals surface area contributed by atoms with Crippen LogP contribution < -0.4 is 0 Å². The molecule has 1 rings (SSSR count). The van der Waals surface area contributed by atoms with Gasteiger partial charge in [0.05, 0.1) is 6.61 Å². The number of rotatable bonds is 6. The summed E-state index contributed by atoms with van der Waals surface area (Å²) in [7, 11) is 0. The zero-order valence-electron chi connectivity index (χ0n) is 11.1. The molecule has 0 unspecified atom stereocenters. The van der Waals surface area contributed by atoms with Crippen LogP contribution in [0.15, 0.2) is 36.4 Å². The minimum atomic E-state index is -0.301. The zero-order chi connectivity index (χ0) is 13.2. The van der Waals surface area contributed by atoms with Crippen LogP contribution in [0.25, 0.3) is 12.2 Å². The number of benzene rings is 1. The molecule has 0 atom stereocenters. The minimum absolute atomic E-state index is 0.301. The van der Waals surface area contributed by atoms with Crippen molar-refractivity contribution in [2.45, 2.75) is 26.7 Å². The number of carbonyl (C=O) groups excluding carboxylic acids is 1. The van der Waals surface area contributed by atoms with Crippen LogP contribution in [0.4, 0.5) is 0 Å². The Kier molecular flexibility index (Phi) is 6.55. The van der Waals surface area contributed by atoms with E-state index >= 15 is 0 Å². The van der Waals surface area contributed by atoms with Crippen LogP contribution in [0, 0.1) is 0 Å². The fourth-order valence-electron chi connectivity index (χ4n) is 1.54. The van der Waals surface area contributed by atoms with E-state index in [1.165, 1.54) is 6.08 Å². The largest absolute Gasteiger partial charge is 0.463 e. The lowest BCUT2D eigenvalue weighted by molar-refractivity contribution is -0.137. The molecule has 0 heterocycles. The first-order chi connectivity index (χ1) is 8.77. The predicted octanol–water partition coefficient (Wildman–Crippen LogP) is 4.08. The molecule has 18 heavy (non-hydrogen) atoms. The van der Waals surface area contributed by atoms with Crippen LogP contribution in [-0.4, -0.2) is 12.6 Å². The lowest BCUT2D eigenvalue weighted by atomic mass is 10.1. The third-order valence-corrected chi connectivity index (χ3v) is 2.43. The Bertz CT molecular complexity index is 430. The normalized spacial score (nSPS) is 11.2. The van der Waals surface area contributed by atoms with Crippen LogP contribution in [0.2, 0.25) is 0 Å². The number of unbranched alkanes of at least 4 members (excludes halogenated alkanes) is 1. The number of hydrogen-bond donors (Lipinski definition) is 0. The SMILES string of the molecule is CCC/C=C/c1ccccc1/C=C/C(=O)OCC. The van der Waals surface area contributed by atoms with Crippen molar-refractivity contribution in [3.05, 3.63) is 47.5 Å². The summed E-state index contributed by atoms with van der Waals surface area (Å²) in [6.45, 7) is 4.35. The van der Waals surface area contributed by atoms with Crippen LogP contribution in [-0.2, 0) is 9.53 Å². The summed E-state index contributed by atoms with van der Waals surface area (Å²) in [4.78, 5) is 11.3. The molecule has 2 heteroatoms. The average Bonchev–Trinajstić information content (AvgIpc) is 2.38. The molecular formula is C16H20O2. The Morgan fingerprint density at radius 3 is 2.44 bits per heavy atom. The molecule has 0 aliphatic carbocycles. The van der Waals surface area contributed by atoms with Gasteiger partial charge in [-0.2, -0.15) is 0 Å². The molecule has 0 aliphatic heterocycles. The van der Waals surface area contributed by atoms with E-state index in [9.17, 15) is 4.79 Å². The summed E-state index contributed by atoms with van der Waals surface area (Å²) < 4.78 is 4.86. The van der Waals surface area contributed by atoms with Gasteiger partial charge in [0.2, 0.25) is 0 Å². The summed E-state index contributed by atoms with van der Waals surface area (Å²) in [5.41, 5.74) is 2.14. The summed E-state index contributed by atoms with van der Waals surface area (Å²) in [6, 6.07) is 7.98. The first-order valence-electron chi connectivity index (χ1n) is 6.38. The van der Waals surface area contributed by atoms with Crippen LogP contribution in [0.1, 0.15) is 37.8 Å². The van der Waals surface area contributed by atoms with Crippen LogP contribution in [0.5, 0.6) is 0 Å². The van der Waals surface area contributed by atoms with Crippen molar-refractivity contribution in [3.63, 3.8) is 0 Å². The molecule has 0 fully saturated rings. The average molecular weight is 244 g/mol. The maximum atomic E-state index is 11.3. The molecule has 0 aliphatic rings. The standard InChI is InChI=1S/C16H20O2/c1-3-5-6-9-14-10-7-8-11-15(14)12-13-16(17)18-4-2/h6-13H,3-5H2,1-2H3/b9-6+,13-12+. The second kappa shape index (κ2) is 8.29. The minimum Gasteiger partial charge on any atom is -0.463 e. The Balaban J connectivity index is 2.78. The van der Waals surface area contributed by atoms with Gasteiger partial charge in [0.25, 0.3) is 0 Å². The fourth-order valence-corrected chi connectivity index (χ4v) is 1.54. The second-order valence-electron chi connectivity index (χ2n) is 3.91. The van der Waals surface area contributed by atoms with Crippen molar-refractivity contribution >= 4 is 18.1 Å². The highest BCUT2D eigenvalue weighted by Crippen LogP contribution is 2.13. The van der Waals surface area contributed by atoms with Crippen molar-refractivity contribution in [1.29, 1.82) is 0 Å². The Labute approximate surface area is 109 Å². The van der Waals surface area contributed by atoms with Crippen LogP contribution in [0.3, 0.4) is 0 Å². The van der Waals surface area contributed by atoms with E-state index in [1.807, 2.05) is 24.3 Å². The van der Waals surface area contributed by atoms with Crippen LogP contribution >= 0.6 is 0 Å². The molecule has 96 valence electrons. The monoisotopic (exact) mass is 244 g/mol. The highest BCUT2D eigenvalue weighted by atomic mass is 16.5. The van der Waals surface area contributed by atoms with Gasteiger partial charge in [-0.15, -0.1) is 0 Å². The summed E-state index contributed by atoms with van der Waals surface area (Å²) in [5, 5.41) is 0. The molecule has 0 spiro atoms. The van der Waals surface area contributed by atoms with Crippen molar-refractivity contribution < 1.29 is 9.53 Å². The van der Waals surface area contributed by atoms with Gasteiger partial charge in [-0.1, -0.05) is 49.8 Å². The smallest absolute Gasteiger partial charge is 0.330 e. The molecule has 0 aromatic heterocycles. The number of esters is 1. The van der Waals surface area contributed by atoms with E-state index in [0.29, 0.717) is 6.61 Å². The maximum Gasteiger partial charge on any atom is 0.330 e. The molecule has 1 aromatic rings. The number of hydrogen-bond acceptors (Lipinski definition) is 2. The highest BCUT2D eigenvalue weighted by molar-refractivity contribution is 5.87. The number of allylic oxidation sites excluding steroid dienone is 1. The number of carbonyl (C=O) groups is 1. The highest BCUT2D eigenvalue weighted by Gasteiger charge is 1.97. The quantitative estimate of drug-likeness (QED) is 0.557. The maximum absolute atomic E-state index is 11.3. The first-order valence-corrected chi connectivity index (χ1v) is 6.38. The fraction of sp³-hybridized carbons (Fsp3) is 0.312. The third-order valence-electron chi connectivity index (χ3n) is 2.43. The van der Waals surface area contributed by atoms with Gasteiger partial charge in [0.15, 0.2) is 0 Å².